The Morgan fingerprint density at radius 3 is 2.81 bits per heavy atom. The maximum atomic E-state index is 11.2. The summed E-state index contributed by atoms with van der Waals surface area (Å²) in [5.74, 6) is -1.37. The van der Waals surface area contributed by atoms with E-state index in [9.17, 15) is 14.7 Å². The lowest BCUT2D eigenvalue weighted by Crippen LogP contribution is -2.50. The van der Waals surface area contributed by atoms with Crippen molar-refractivity contribution >= 4 is 11.9 Å². The Bertz CT molecular complexity index is 518. The molecule has 0 spiro atoms. The number of carbonyl (C=O) groups excluding carboxylic acids is 2. The van der Waals surface area contributed by atoms with Crippen LogP contribution in [0.25, 0.3) is 0 Å². The number of rotatable bonds is 9. The van der Waals surface area contributed by atoms with E-state index in [1.54, 1.807) is 0 Å². The maximum Gasteiger partial charge on any atom is 0.305 e. The van der Waals surface area contributed by atoms with Crippen molar-refractivity contribution in [2.45, 2.75) is 76.3 Å². The largest absolute Gasteiger partial charge is 0.469 e. The maximum absolute atomic E-state index is 11.2. The smallest absolute Gasteiger partial charge is 0.305 e. The molecule has 0 aromatic heterocycles. The number of hydrogen-bond donors (Lipinski definition) is 1. The van der Waals surface area contributed by atoms with Crippen LogP contribution in [0, 0.1) is 5.92 Å². The van der Waals surface area contributed by atoms with Crippen LogP contribution in [0.5, 0.6) is 0 Å². The lowest BCUT2D eigenvalue weighted by atomic mass is 10.0. The molecular weight excluding hydrogens is 352 g/mol. The zero-order valence-electron chi connectivity index (χ0n) is 16.4. The summed E-state index contributed by atoms with van der Waals surface area (Å²) in [6, 6.07) is 0. The summed E-state index contributed by atoms with van der Waals surface area (Å²) in [6.45, 7) is 1.50. The highest BCUT2D eigenvalue weighted by Crippen LogP contribution is 2.36. The fourth-order valence-electron chi connectivity index (χ4n) is 3.78. The van der Waals surface area contributed by atoms with E-state index in [-0.39, 0.29) is 36.7 Å². The number of methoxy groups -OCH3 is 1. The second kappa shape index (κ2) is 10.8. The molecule has 27 heavy (non-hydrogen) atoms. The summed E-state index contributed by atoms with van der Waals surface area (Å²) < 4.78 is 22.0. The van der Waals surface area contributed by atoms with E-state index >= 15 is 0 Å². The second-order valence-corrected chi connectivity index (χ2v) is 7.29. The van der Waals surface area contributed by atoms with Crippen LogP contribution in [-0.4, -0.2) is 55.4 Å². The third-order valence-electron chi connectivity index (χ3n) is 5.15. The van der Waals surface area contributed by atoms with Crippen LogP contribution in [0.1, 0.15) is 58.3 Å². The molecule has 154 valence electrons. The van der Waals surface area contributed by atoms with Gasteiger partial charge in [-0.05, 0) is 25.7 Å². The summed E-state index contributed by atoms with van der Waals surface area (Å²) >= 11 is 0. The molecule has 0 radical (unpaired) electrons. The van der Waals surface area contributed by atoms with Crippen molar-refractivity contribution in [3.05, 3.63) is 12.2 Å². The van der Waals surface area contributed by atoms with E-state index in [4.69, 9.17) is 14.2 Å². The molecule has 7 nitrogen and oxygen atoms in total. The van der Waals surface area contributed by atoms with Crippen LogP contribution in [0.15, 0.2) is 12.2 Å². The van der Waals surface area contributed by atoms with Gasteiger partial charge in [0.2, 0.25) is 0 Å². The van der Waals surface area contributed by atoms with Gasteiger partial charge < -0.3 is 24.1 Å². The van der Waals surface area contributed by atoms with Gasteiger partial charge in [-0.3, -0.25) is 9.59 Å². The highest BCUT2D eigenvalue weighted by Gasteiger charge is 2.43. The second-order valence-electron chi connectivity index (χ2n) is 7.29. The minimum Gasteiger partial charge on any atom is -0.469 e. The van der Waals surface area contributed by atoms with Gasteiger partial charge >= 0.3 is 11.9 Å². The average Bonchev–Trinajstić information content (AvgIpc) is 3.07. The lowest BCUT2D eigenvalue weighted by Gasteiger charge is -2.41. The number of hydrogen-bond acceptors (Lipinski definition) is 7. The van der Waals surface area contributed by atoms with Crippen LogP contribution in [0.4, 0.5) is 0 Å². The lowest BCUT2D eigenvalue weighted by molar-refractivity contribution is -0.305. The van der Waals surface area contributed by atoms with E-state index in [0.29, 0.717) is 25.9 Å². The molecule has 0 aromatic rings. The highest BCUT2D eigenvalue weighted by molar-refractivity contribution is 5.69. The van der Waals surface area contributed by atoms with E-state index < -0.39 is 5.79 Å². The monoisotopic (exact) mass is 384 g/mol. The number of carbonyl (C=O) groups is 2. The van der Waals surface area contributed by atoms with Crippen LogP contribution in [0.2, 0.25) is 0 Å². The number of unbranched alkanes of at least 4 members (excludes halogenated alkanes) is 1. The highest BCUT2D eigenvalue weighted by atomic mass is 16.7. The van der Waals surface area contributed by atoms with Crippen LogP contribution >= 0.6 is 0 Å². The minimum atomic E-state index is -1.11. The number of allylic oxidation sites excluding steroid dienone is 1. The van der Waals surface area contributed by atoms with E-state index in [0.717, 1.165) is 32.1 Å². The molecule has 1 saturated heterocycles. The Balaban J connectivity index is 1.87. The first-order valence-corrected chi connectivity index (χ1v) is 9.81. The number of ether oxygens (including phenoxy) is 4. The predicted molar refractivity (Wildman–Crippen MR) is 97.8 cm³/mol. The first-order chi connectivity index (χ1) is 13.0. The fourth-order valence-corrected chi connectivity index (χ4v) is 3.78. The van der Waals surface area contributed by atoms with Crippen molar-refractivity contribution in [3.8, 4) is 0 Å². The third kappa shape index (κ3) is 6.90. The van der Waals surface area contributed by atoms with Crippen molar-refractivity contribution in [2.75, 3.05) is 20.3 Å². The van der Waals surface area contributed by atoms with Crippen molar-refractivity contribution in [3.63, 3.8) is 0 Å². The Kier molecular flexibility index (Phi) is 8.73. The molecule has 4 atom stereocenters. The van der Waals surface area contributed by atoms with Gasteiger partial charge in [0.1, 0.15) is 6.10 Å². The number of esters is 2. The molecule has 1 aliphatic carbocycles. The van der Waals surface area contributed by atoms with Crippen LogP contribution < -0.4 is 0 Å². The SMILES string of the molecule is COC(=O)CCC/C=C/C1CCCC1OC1(CO)CC(OC(C)=O)CCO1. The van der Waals surface area contributed by atoms with Gasteiger partial charge in [0.25, 0.3) is 0 Å². The summed E-state index contributed by atoms with van der Waals surface area (Å²) in [5.41, 5.74) is 0. The molecule has 4 unspecified atom stereocenters. The fraction of sp³-hybridized carbons (Fsp3) is 0.800. The Labute approximate surface area is 161 Å². The zero-order chi connectivity index (χ0) is 19.7. The molecule has 1 aliphatic heterocycles. The third-order valence-corrected chi connectivity index (χ3v) is 5.15. The molecule has 2 aliphatic rings. The molecule has 1 saturated carbocycles. The van der Waals surface area contributed by atoms with Gasteiger partial charge in [0.15, 0.2) is 5.79 Å². The summed E-state index contributed by atoms with van der Waals surface area (Å²) in [5, 5.41) is 9.91. The molecule has 0 aromatic carbocycles. The van der Waals surface area contributed by atoms with Crippen molar-refractivity contribution in [2.24, 2.45) is 5.92 Å². The van der Waals surface area contributed by atoms with Crippen molar-refractivity contribution in [1.82, 2.24) is 0 Å². The normalized spacial score (nSPS) is 31.1. The Hall–Kier alpha value is -1.44. The molecule has 7 heteroatoms. The first-order valence-electron chi connectivity index (χ1n) is 9.81. The Morgan fingerprint density at radius 1 is 1.30 bits per heavy atom. The van der Waals surface area contributed by atoms with Gasteiger partial charge in [-0.1, -0.05) is 18.6 Å². The van der Waals surface area contributed by atoms with Gasteiger partial charge in [0, 0.05) is 32.1 Å². The van der Waals surface area contributed by atoms with Crippen molar-refractivity contribution < 1.29 is 33.6 Å². The summed E-state index contributed by atoms with van der Waals surface area (Å²) in [7, 11) is 1.40. The predicted octanol–water partition coefficient (Wildman–Crippen LogP) is 2.50. The van der Waals surface area contributed by atoms with E-state index in [2.05, 4.69) is 16.9 Å². The van der Waals surface area contributed by atoms with Gasteiger partial charge in [-0.2, -0.15) is 0 Å². The summed E-state index contributed by atoms with van der Waals surface area (Å²) in [4.78, 5) is 22.4. The van der Waals surface area contributed by atoms with Crippen molar-refractivity contribution in [1.29, 1.82) is 0 Å². The molecule has 2 fully saturated rings. The quantitative estimate of drug-likeness (QED) is 0.371. The van der Waals surface area contributed by atoms with Gasteiger partial charge in [-0.15, -0.1) is 0 Å². The minimum absolute atomic E-state index is 0.0370. The van der Waals surface area contributed by atoms with E-state index in [1.807, 2.05) is 0 Å². The van der Waals surface area contributed by atoms with Gasteiger partial charge in [-0.25, -0.2) is 0 Å². The van der Waals surface area contributed by atoms with Crippen LogP contribution in [0.3, 0.4) is 0 Å². The van der Waals surface area contributed by atoms with Gasteiger partial charge in [0.05, 0.1) is 26.4 Å². The number of aliphatic hydroxyl groups excluding tert-OH is 1. The standard InChI is InChI=1S/C20H32O7/c1-15(22)26-17-11-12-25-20(13-17,14-21)27-18-9-6-8-16(18)7-4-3-5-10-19(23)24-2/h4,7,16-18,21H,3,5-6,8-14H2,1-2H3/b7-4+. The zero-order valence-corrected chi connectivity index (χ0v) is 16.4. The molecule has 1 N–H and O–H groups in total. The molecule has 0 bridgehead atoms. The molecule has 1 heterocycles. The van der Waals surface area contributed by atoms with Crippen LogP contribution in [-0.2, 0) is 28.5 Å². The van der Waals surface area contributed by atoms with E-state index in [1.165, 1.54) is 14.0 Å². The summed E-state index contributed by atoms with van der Waals surface area (Å²) in [6.07, 6.45) is 9.82. The molecular formula is C20H32O7. The average molecular weight is 384 g/mol. The molecule has 2 rings (SSSR count). The first kappa shape index (κ1) is 21.9. The number of aliphatic hydroxyl groups is 1. The Morgan fingerprint density at radius 2 is 2.11 bits per heavy atom. The molecule has 0 amide bonds. The topological polar surface area (TPSA) is 91.3 Å².